The number of pyridine rings is 1. The van der Waals surface area contributed by atoms with Crippen LogP contribution in [0.5, 0.6) is 0 Å². The molecule has 1 aliphatic carbocycles. The fourth-order valence-corrected chi connectivity index (χ4v) is 5.06. The Morgan fingerprint density at radius 2 is 1.96 bits per heavy atom. The minimum atomic E-state index is -3.36. The number of sulfonamides is 1. The summed E-state index contributed by atoms with van der Waals surface area (Å²) in [4.78, 5) is 22.3. The molecule has 0 aromatic carbocycles. The number of aromatic nitrogens is 3. The monoisotopic (exact) mass is 375 g/mol. The third-order valence-corrected chi connectivity index (χ3v) is 6.86. The molecule has 26 heavy (non-hydrogen) atoms. The molecule has 0 radical (unpaired) electrons. The summed E-state index contributed by atoms with van der Waals surface area (Å²) in [6.45, 7) is 0.453. The lowest BCUT2D eigenvalue weighted by Crippen LogP contribution is -2.60. The van der Waals surface area contributed by atoms with E-state index in [0.29, 0.717) is 11.4 Å². The van der Waals surface area contributed by atoms with Crippen molar-refractivity contribution in [1.29, 1.82) is 0 Å². The van der Waals surface area contributed by atoms with Crippen molar-refractivity contribution in [2.24, 2.45) is 0 Å². The van der Waals surface area contributed by atoms with Crippen LogP contribution in [0.4, 0.5) is 0 Å². The van der Waals surface area contributed by atoms with Gasteiger partial charge in [-0.1, -0.05) is 12.8 Å². The van der Waals surface area contributed by atoms with Crippen LogP contribution in [-0.4, -0.2) is 58.1 Å². The van der Waals surface area contributed by atoms with Gasteiger partial charge in [0.15, 0.2) is 0 Å². The van der Waals surface area contributed by atoms with Gasteiger partial charge in [0, 0.05) is 37.7 Å². The lowest BCUT2D eigenvalue weighted by molar-refractivity contribution is 0.0657. The van der Waals surface area contributed by atoms with Crippen LogP contribution in [0.25, 0.3) is 5.82 Å². The van der Waals surface area contributed by atoms with Crippen molar-refractivity contribution >= 4 is 15.9 Å². The summed E-state index contributed by atoms with van der Waals surface area (Å²) in [5.41, 5.74) is 0.452. The second-order valence-corrected chi connectivity index (χ2v) is 8.84. The van der Waals surface area contributed by atoms with E-state index >= 15 is 0 Å². The molecule has 0 spiro atoms. The SMILES string of the molecule is O=C(c1ccc(-n2ccnc2)nc1)N1CC(S(=O)(=O)NC2CCCC2)C1. The molecule has 1 saturated carbocycles. The Bertz CT molecular complexity index is 868. The molecule has 3 heterocycles. The summed E-state index contributed by atoms with van der Waals surface area (Å²) in [6, 6.07) is 3.50. The van der Waals surface area contributed by atoms with E-state index in [2.05, 4.69) is 14.7 Å². The van der Waals surface area contributed by atoms with Crippen LogP contribution in [0.3, 0.4) is 0 Å². The zero-order chi connectivity index (χ0) is 18.1. The second-order valence-electron chi connectivity index (χ2n) is 6.85. The minimum Gasteiger partial charge on any atom is -0.336 e. The van der Waals surface area contributed by atoms with Gasteiger partial charge in [-0.3, -0.25) is 9.36 Å². The molecule has 0 unspecified atom stereocenters. The number of nitrogens with zero attached hydrogens (tertiary/aromatic N) is 4. The maximum absolute atomic E-state index is 12.5. The molecule has 138 valence electrons. The average molecular weight is 375 g/mol. The van der Waals surface area contributed by atoms with E-state index < -0.39 is 15.3 Å². The number of amides is 1. The van der Waals surface area contributed by atoms with Crippen LogP contribution in [0.15, 0.2) is 37.1 Å². The topological polar surface area (TPSA) is 97.2 Å². The fraction of sp³-hybridized carbons (Fsp3) is 0.471. The van der Waals surface area contributed by atoms with Crippen molar-refractivity contribution in [2.45, 2.75) is 37.0 Å². The van der Waals surface area contributed by atoms with Gasteiger partial charge in [0.05, 0.1) is 5.56 Å². The van der Waals surface area contributed by atoms with Crippen molar-refractivity contribution in [3.05, 3.63) is 42.6 Å². The predicted octanol–water partition coefficient (Wildman–Crippen LogP) is 0.954. The van der Waals surface area contributed by atoms with Gasteiger partial charge in [0.25, 0.3) is 5.91 Å². The van der Waals surface area contributed by atoms with E-state index in [9.17, 15) is 13.2 Å². The molecule has 8 nitrogen and oxygen atoms in total. The standard InChI is InChI=1S/C17H21N5O3S/c23-17(13-5-6-16(19-9-13)21-8-7-18-12-21)22-10-15(11-22)26(24,25)20-14-3-1-2-4-14/h5-9,12,14-15,20H,1-4,10-11H2. The van der Waals surface area contributed by atoms with Crippen LogP contribution >= 0.6 is 0 Å². The van der Waals surface area contributed by atoms with Gasteiger partial charge in [0.1, 0.15) is 17.4 Å². The number of likely N-dealkylation sites (tertiary alicyclic amines) is 1. The molecular formula is C17H21N5O3S. The van der Waals surface area contributed by atoms with Gasteiger partial charge in [-0.05, 0) is 25.0 Å². The highest BCUT2D eigenvalue weighted by atomic mass is 32.2. The maximum Gasteiger partial charge on any atom is 0.255 e. The molecule has 1 aliphatic heterocycles. The quantitative estimate of drug-likeness (QED) is 0.839. The van der Waals surface area contributed by atoms with Crippen molar-refractivity contribution in [2.75, 3.05) is 13.1 Å². The molecule has 2 fully saturated rings. The molecule has 1 amide bonds. The summed E-state index contributed by atoms with van der Waals surface area (Å²) < 4.78 is 29.3. The average Bonchev–Trinajstić information content (AvgIpc) is 3.26. The first-order valence-corrected chi connectivity index (χ1v) is 10.3. The first kappa shape index (κ1) is 17.2. The summed E-state index contributed by atoms with van der Waals surface area (Å²) in [7, 11) is -3.36. The van der Waals surface area contributed by atoms with Crippen LogP contribution in [-0.2, 0) is 10.0 Å². The molecular weight excluding hydrogens is 354 g/mol. The van der Waals surface area contributed by atoms with Gasteiger partial charge >= 0.3 is 0 Å². The molecule has 1 saturated heterocycles. The number of carbonyl (C=O) groups is 1. The Kier molecular flexibility index (Phi) is 4.49. The van der Waals surface area contributed by atoms with E-state index in [0.717, 1.165) is 25.7 Å². The highest BCUT2D eigenvalue weighted by Gasteiger charge is 2.41. The Hall–Kier alpha value is -2.26. The Labute approximate surface area is 152 Å². The fourth-order valence-electron chi connectivity index (χ4n) is 3.41. The number of hydrogen-bond acceptors (Lipinski definition) is 5. The number of nitrogens with one attached hydrogen (secondary N) is 1. The van der Waals surface area contributed by atoms with Crippen LogP contribution in [0, 0.1) is 0 Å². The highest BCUT2D eigenvalue weighted by Crippen LogP contribution is 2.23. The Morgan fingerprint density at radius 1 is 1.19 bits per heavy atom. The molecule has 4 rings (SSSR count). The highest BCUT2D eigenvalue weighted by molar-refractivity contribution is 7.90. The van der Waals surface area contributed by atoms with Gasteiger partial charge in [0.2, 0.25) is 10.0 Å². The largest absolute Gasteiger partial charge is 0.336 e. The van der Waals surface area contributed by atoms with E-state index in [1.54, 1.807) is 40.3 Å². The van der Waals surface area contributed by atoms with Gasteiger partial charge in [-0.2, -0.15) is 0 Å². The smallest absolute Gasteiger partial charge is 0.255 e. The predicted molar refractivity (Wildman–Crippen MR) is 95.4 cm³/mol. The zero-order valence-electron chi connectivity index (χ0n) is 14.3. The van der Waals surface area contributed by atoms with E-state index in [-0.39, 0.29) is 25.0 Å². The number of hydrogen-bond donors (Lipinski definition) is 1. The second kappa shape index (κ2) is 6.81. The third-order valence-electron chi connectivity index (χ3n) is 5.02. The maximum atomic E-state index is 12.5. The van der Waals surface area contributed by atoms with Gasteiger partial charge < -0.3 is 4.90 Å². The number of carbonyl (C=O) groups excluding carboxylic acids is 1. The van der Waals surface area contributed by atoms with Gasteiger partial charge in [-0.25, -0.2) is 23.1 Å². The summed E-state index contributed by atoms with van der Waals surface area (Å²) >= 11 is 0. The van der Waals surface area contributed by atoms with Crippen molar-refractivity contribution in [3.8, 4) is 5.82 Å². The van der Waals surface area contributed by atoms with E-state index in [1.165, 1.54) is 6.20 Å². The van der Waals surface area contributed by atoms with Crippen LogP contribution in [0.1, 0.15) is 36.0 Å². The Morgan fingerprint density at radius 3 is 2.58 bits per heavy atom. The van der Waals surface area contributed by atoms with Crippen molar-refractivity contribution in [3.63, 3.8) is 0 Å². The molecule has 2 aromatic rings. The van der Waals surface area contributed by atoms with E-state index in [4.69, 9.17) is 0 Å². The van der Waals surface area contributed by atoms with Crippen molar-refractivity contribution < 1.29 is 13.2 Å². The van der Waals surface area contributed by atoms with Crippen molar-refractivity contribution in [1.82, 2.24) is 24.2 Å². The number of rotatable bonds is 5. The molecule has 9 heteroatoms. The summed E-state index contributed by atoms with van der Waals surface area (Å²) in [5.74, 6) is 0.478. The minimum absolute atomic E-state index is 0.0599. The first-order chi connectivity index (χ1) is 12.5. The zero-order valence-corrected chi connectivity index (χ0v) is 15.1. The molecule has 2 aliphatic rings. The van der Waals surface area contributed by atoms with Crippen LogP contribution < -0.4 is 4.72 Å². The lowest BCUT2D eigenvalue weighted by atomic mass is 10.1. The van der Waals surface area contributed by atoms with Gasteiger partial charge in [-0.15, -0.1) is 0 Å². The third kappa shape index (κ3) is 3.36. The lowest BCUT2D eigenvalue weighted by Gasteiger charge is -2.39. The Balaban J connectivity index is 1.35. The molecule has 2 aromatic heterocycles. The number of imidazole rings is 1. The summed E-state index contributed by atoms with van der Waals surface area (Å²) in [6.07, 6.45) is 10.5. The van der Waals surface area contributed by atoms with Crippen LogP contribution in [0.2, 0.25) is 0 Å². The molecule has 0 bridgehead atoms. The molecule has 0 atom stereocenters. The molecule has 1 N–H and O–H groups in total. The first-order valence-electron chi connectivity index (χ1n) is 8.78. The van der Waals surface area contributed by atoms with E-state index in [1.807, 2.05) is 0 Å². The summed E-state index contributed by atoms with van der Waals surface area (Å²) in [5, 5.41) is -0.523. The normalized spacial score (nSPS) is 18.8.